The normalized spacial score (nSPS) is 17.1. The number of benzene rings is 1. The number of Topliss-reactive ketones (excluding diaryl/α,β-unsaturated/α-hetero) is 1. The van der Waals surface area contributed by atoms with Gasteiger partial charge in [0.15, 0.2) is 5.78 Å². The minimum Gasteiger partial charge on any atom is -0.459 e. The van der Waals surface area contributed by atoms with Crippen LogP contribution in [0.2, 0.25) is 0 Å². The molecule has 1 heterocycles. The van der Waals surface area contributed by atoms with Gasteiger partial charge in [-0.1, -0.05) is 36.5 Å². The number of esters is 2. The van der Waals surface area contributed by atoms with Crippen molar-refractivity contribution in [3.05, 3.63) is 64.1 Å². The molecule has 7 nitrogen and oxygen atoms in total. The minimum absolute atomic E-state index is 0.0269. The lowest BCUT2D eigenvalue weighted by molar-refractivity contribution is -0.177. The van der Waals surface area contributed by atoms with Crippen LogP contribution < -0.4 is 0 Å². The van der Waals surface area contributed by atoms with Crippen LogP contribution in [0.3, 0.4) is 0 Å². The summed E-state index contributed by atoms with van der Waals surface area (Å²) in [5, 5.41) is 9.98. The van der Waals surface area contributed by atoms with Crippen LogP contribution in [-0.2, 0) is 35.0 Å². The van der Waals surface area contributed by atoms with E-state index in [0.717, 1.165) is 15.4 Å². The molecule has 2 unspecified atom stereocenters. The van der Waals surface area contributed by atoms with E-state index in [0.29, 0.717) is 12.0 Å². The number of hydrogen-bond acceptors (Lipinski definition) is 8. The van der Waals surface area contributed by atoms with E-state index in [2.05, 4.69) is 6.58 Å². The van der Waals surface area contributed by atoms with E-state index in [9.17, 15) is 19.5 Å². The zero-order chi connectivity index (χ0) is 22.5. The van der Waals surface area contributed by atoms with Gasteiger partial charge in [-0.2, -0.15) is 0 Å². The van der Waals surface area contributed by atoms with Crippen LogP contribution >= 0.6 is 11.8 Å². The van der Waals surface area contributed by atoms with Crippen LogP contribution in [0.1, 0.15) is 25.8 Å². The smallest absolute Gasteiger partial charge is 0.335 e. The number of ketones is 1. The third kappa shape index (κ3) is 5.94. The molecule has 0 fully saturated rings. The maximum Gasteiger partial charge on any atom is 0.335 e. The number of carbonyl (C=O) groups excluding carboxylic acids is 3. The Balaban J connectivity index is 1.51. The molecule has 0 aromatic heterocycles. The average molecular weight is 445 g/mol. The molecule has 1 N–H and O–H groups in total. The predicted octanol–water partition coefficient (Wildman–Crippen LogP) is 2.87. The highest BCUT2D eigenvalue weighted by atomic mass is 32.2. The van der Waals surface area contributed by atoms with Crippen molar-refractivity contribution < 1.29 is 33.7 Å². The van der Waals surface area contributed by atoms with Gasteiger partial charge in [-0.05, 0) is 31.6 Å². The van der Waals surface area contributed by atoms with Crippen LogP contribution in [-0.4, -0.2) is 48.4 Å². The van der Waals surface area contributed by atoms with Crippen LogP contribution in [0.5, 0.6) is 0 Å². The van der Waals surface area contributed by atoms with Crippen molar-refractivity contribution in [2.24, 2.45) is 0 Å². The molecule has 1 aliphatic carbocycles. The highest BCUT2D eigenvalue weighted by molar-refractivity contribution is 8.03. The van der Waals surface area contributed by atoms with Gasteiger partial charge in [-0.15, -0.1) is 0 Å². The van der Waals surface area contributed by atoms with Crippen molar-refractivity contribution in [1.29, 1.82) is 0 Å². The molecule has 0 radical (unpaired) electrons. The van der Waals surface area contributed by atoms with Gasteiger partial charge >= 0.3 is 11.9 Å². The fourth-order valence-electron chi connectivity index (χ4n) is 3.02. The van der Waals surface area contributed by atoms with Gasteiger partial charge in [0.1, 0.15) is 12.7 Å². The number of carbonyl (C=O) groups is 3. The summed E-state index contributed by atoms with van der Waals surface area (Å²) in [6.07, 6.45) is 0.230. The first-order valence-corrected chi connectivity index (χ1v) is 10.6. The van der Waals surface area contributed by atoms with Gasteiger partial charge in [-0.25, -0.2) is 9.59 Å². The molecular formula is C23H24O7S. The molecular weight excluding hydrogens is 420 g/mol. The van der Waals surface area contributed by atoms with Crippen molar-refractivity contribution in [3.8, 4) is 0 Å². The van der Waals surface area contributed by atoms with Crippen LogP contribution in [0.25, 0.3) is 0 Å². The molecule has 2 atom stereocenters. The van der Waals surface area contributed by atoms with E-state index in [1.165, 1.54) is 25.6 Å². The largest absolute Gasteiger partial charge is 0.459 e. The molecule has 2 aliphatic rings. The van der Waals surface area contributed by atoms with Gasteiger partial charge in [-0.3, -0.25) is 4.79 Å². The van der Waals surface area contributed by atoms with Crippen molar-refractivity contribution in [3.63, 3.8) is 0 Å². The second-order valence-corrected chi connectivity index (χ2v) is 8.42. The van der Waals surface area contributed by atoms with E-state index < -0.39 is 24.3 Å². The Bertz CT molecular complexity index is 976. The lowest BCUT2D eigenvalue weighted by Gasteiger charge is -2.24. The SMILES string of the molecule is C=C(C)C(=O)OC(C)OCC(O)COC(=O)C1=CC2=C(Cc3ccccc3S2)C(=O)C1. The molecule has 164 valence electrons. The maximum atomic E-state index is 12.6. The summed E-state index contributed by atoms with van der Waals surface area (Å²) >= 11 is 1.47. The Kier molecular flexibility index (Phi) is 7.48. The molecule has 1 aromatic carbocycles. The fraction of sp³-hybridized carbons (Fsp3) is 0.348. The first kappa shape index (κ1) is 23.0. The molecule has 0 saturated carbocycles. The second kappa shape index (κ2) is 10.1. The second-order valence-electron chi connectivity index (χ2n) is 7.34. The number of aliphatic hydroxyl groups is 1. The quantitative estimate of drug-likeness (QED) is 0.371. The first-order valence-electron chi connectivity index (χ1n) is 9.80. The molecule has 0 saturated heterocycles. The minimum atomic E-state index is -1.11. The van der Waals surface area contributed by atoms with Crippen molar-refractivity contribution in [1.82, 2.24) is 0 Å². The Hall–Kier alpha value is -2.68. The molecule has 0 bridgehead atoms. The average Bonchev–Trinajstić information content (AvgIpc) is 2.74. The van der Waals surface area contributed by atoms with Gasteiger partial charge in [0.25, 0.3) is 0 Å². The van der Waals surface area contributed by atoms with E-state index in [1.54, 1.807) is 6.08 Å². The summed E-state index contributed by atoms with van der Waals surface area (Å²) in [4.78, 5) is 38.2. The number of aliphatic hydroxyl groups excluding tert-OH is 1. The predicted molar refractivity (Wildman–Crippen MR) is 114 cm³/mol. The zero-order valence-electron chi connectivity index (χ0n) is 17.4. The number of hydrogen-bond donors (Lipinski definition) is 1. The summed E-state index contributed by atoms with van der Waals surface area (Å²) in [6.45, 7) is 5.97. The molecule has 3 rings (SSSR count). The molecule has 1 aromatic rings. The van der Waals surface area contributed by atoms with Gasteiger partial charge in [0.2, 0.25) is 6.29 Å². The number of allylic oxidation sites excluding steroid dienone is 2. The topological polar surface area (TPSA) is 99.1 Å². The Labute approximate surface area is 184 Å². The lowest BCUT2D eigenvalue weighted by atomic mass is 9.92. The van der Waals surface area contributed by atoms with Crippen molar-refractivity contribution in [2.75, 3.05) is 13.2 Å². The summed E-state index contributed by atoms with van der Waals surface area (Å²) in [5.74, 6) is -1.34. The third-order valence-corrected chi connectivity index (χ3v) is 5.87. The molecule has 31 heavy (non-hydrogen) atoms. The van der Waals surface area contributed by atoms with E-state index in [1.807, 2.05) is 24.3 Å². The first-order chi connectivity index (χ1) is 14.7. The monoisotopic (exact) mass is 444 g/mol. The van der Waals surface area contributed by atoms with Gasteiger partial charge in [0, 0.05) is 39.4 Å². The summed E-state index contributed by atoms with van der Waals surface area (Å²) in [6, 6.07) is 7.86. The van der Waals surface area contributed by atoms with Crippen LogP contribution in [0, 0.1) is 0 Å². The number of rotatable bonds is 8. The van der Waals surface area contributed by atoms with Gasteiger partial charge < -0.3 is 19.3 Å². The summed E-state index contributed by atoms with van der Waals surface area (Å²) in [7, 11) is 0. The Morgan fingerprint density at radius 2 is 1.97 bits per heavy atom. The van der Waals surface area contributed by atoms with Crippen LogP contribution in [0.15, 0.2) is 63.4 Å². The summed E-state index contributed by atoms with van der Waals surface area (Å²) in [5.41, 5.74) is 2.31. The van der Waals surface area contributed by atoms with Crippen molar-refractivity contribution >= 4 is 29.5 Å². The number of fused-ring (bicyclic) bond motifs is 1. The lowest BCUT2D eigenvalue weighted by Crippen LogP contribution is -2.29. The molecule has 0 spiro atoms. The highest BCUT2D eigenvalue weighted by Gasteiger charge is 2.29. The zero-order valence-corrected chi connectivity index (χ0v) is 18.2. The van der Waals surface area contributed by atoms with E-state index >= 15 is 0 Å². The molecule has 1 aliphatic heterocycles. The van der Waals surface area contributed by atoms with E-state index in [4.69, 9.17) is 14.2 Å². The Morgan fingerprint density at radius 1 is 1.23 bits per heavy atom. The molecule has 8 heteroatoms. The fourth-order valence-corrected chi connectivity index (χ4v) is 4.19. The number of thioether (sulfide) groups is 1. The highest BCUT2D eigenvalue weighted by Crippen LogP contribution is 2.42. The molecule has 0 amide bonds. The summed E-state index contributed by atoms with van der Waals surface area (Å²) < 4.78 is 15.3. The van der Waals surface area contributed by atoms with Gasteiger partial charge in [0.05, 0.1) is 6.61 Å². The number of ether oxygens (including phenoxy) is 3. The van der Waals surface area contributed by atoms with E-state index in [-0.39, 0.29) is 36.6 Å². The van der Waals surface area contributed by atoms with Crippen molar-refractivity contribution in [2.45, 2.75) is 44.0 Å². The maximum absolute atomic E-state index is 12.6. The standard InChI is InChI=1S/C23H24O7S/c1-13(2)22(26)30-14(3)28-11-17(24)12-29-23(27)16-9-19(25)18-8-15-6-4-5-7-20(15)31-21(18)10-16/h4-7,10,14,17,24H,1,8-9,11-12H2,2-3H3. The Morgan fingerprint density at radius 3 is 2.71 bits per heavy atom. The van der Waals surface area contributed by atoms with Crippen LogP contribution in [0.4, 0.5) is 0 Å². The third-order valence-electron chi connectivity index (χ3n) is 4.66.